The van der Waals surface area contributed by atoms with E-state index in [4.69, 9.17) is 18.9 Å². The van der Waals surface area contributed by atoms with Gasteiger partial charge >= 0.3 is 0 Å². The van der Waals surface area contributed by atoms with Gasteiger partial charge in [-0.2, -0.15) is 0 Å². The Bertz CT molecular complexity index is 569. The van der Waals surface area contributed by atoms with Gasteiger partial charge in [0.1, 0.15) is 0 Å². The first-order valence-corrected chi connectivity index (χ1v) is 7.55. The summed E-state index contributed by atoms with van der Waals surface area (Å²) in [4.78, 5) is 0. The summed E-state index contributed by atoms with van der Waals surface area (Å²) in [5, 5.41) is 0. The second-order valence-corrected chi connectivity index (χ2v) is 6.75. The highest BCUT2D eigenvalue weighted by Crippen LogP contribution is 2.69. The molecule has 4 heterocycles. The standard InChI is InChI=1S/C16H16O4/c1-2-4-8(5-3-1)7-16-12-10-6-9-11(12)15(20-16)18-13(9)17-14(10)19-16/h1-5,9-15H,6-7H2/t9-,10+,11-,12+,13+,14-,15+,16-/m1/s1. The predicted molar refractivity (Wildman–Crippen MR) is 67.2 cm³/mol. The summed E-state index contributed by atoms with van der Waals surface area (Å²) in [6.07, 6.45) is 1.64. The summed E-state index contributed by atoms with van der Waals surface area (Å²) in [5.74, 6) is 1.41. The fourth-order valence-electron chi connectivity index (χ4n) is 5.30. The molecule has 104 valence electrons. The second kappa shape index (κ2) is 3.28. The molecule has 4 aliphatic heterocycles. The molecule has 1 saturated carbocycles. The Labute approximate surface area is 117 Å². The van der Waals surface area contributed by atoms with Crippen molar-refractivity contribution >= 4 is 0 Å². The van der Waals surface area contributed by atoms with E-state index in [0.29, 0.717) is 23.7 Å². The molecule has 1 aromatic carbocycles. The second-order valence-electron chi connectivity index (χ2n) is 6.75. The van der Waals surface area contributed by atoms with Gasteiger partial charge in [0.25, 0.3) is 0 Å². The molecule has 2 bridgehead atoms. The Balaban J connectivity index is 1.45. The van der Waals surface area contributed by atoms with Crippen molar-refractivity contribution in [3.63, 3.8) is 0 Å². The van der Waals surface area contributed by atoms with Gasteiger partial charge in [-0.25, -0.2) is 0 Å². The maximum Gasteiger partial charge on any atom is 0.182 e. The van der Waals surface area contributed by atoms with Gasteiger partial charge in [-0.1, -0.05) is 30.3 Å². The van der Waals surface area contributed by atoms with Gasteiger partial charge in [-0.3, -0.25) is 0 Å². The lowest BCUT2D eigenvalue weighted by molar-refractivity contribution is -0.381. The van der Waals surface area contributed by atoms with Crippen LogP contribution in [0.2, 0.25) is 0 Å². The van der Waals surface area contributed by atoms with Crippen LogP contribution >= 0.6 is 0 Å². The smallest absolute Gasteiger partial charge is 0.182 e. The van der Waals surface area contributed by atoms with Gasteiger partial charge in [-0.05, 0) is 12.0 Å². The first-order chi connectivity index (χ1) is 9.84. The molecule has 0 radical (unpaired) electrons. The summed E-state index contributed by atoms with van der Waals surface area (Å²) in [7, 11) is 0. The molecule has 0 unspecified atom stereocenters. The van der Waals surface area contributed by atoms with Crippen molar-refractivity contribution in [1.29, 1.82) is 0 Å². The van der Waals surface area contributed by atoms with Crippen LogP contribution in [-0.2, 0) is 25.4 Å². The fraction of sp³-hybridized carbons (Fsp3) is 0.625. The van der Waals surface area contributed by atoms with Gasteiger partial charge in [-0.15, -0.1) is 0 Å². The lowest BCUT2D eigenvalue weighted by atomic mass is 9.83. The van der Waals surface area contributed by atoms with E-state index in [1.54, 1.807) is 0 Å². The van der Waals surface area contributed by atoms with E-state index in [2.05, 4.69) is 24.3 Å². The Kier molecular flexibility index (Phi) is 1.76. The molecule has 4 saturated heterocycles. The monoisotopic (exact) mass is 272 g/mol. The van der Waals surface area contributed by atoms with E-state index in [1.165, 1.54) is 12.0 Å². The fourth-order valence-corrected chi connectivity index (χ4v) is 5.30. The summed E-state index contributed by atoms with van der Waals surface area (Å²) in [5.41, 5.74) is 1.26. The minimum absolute atomic E-state index is 0.0914. The molecule has 5 aliphatic rings. The van der Waals surface area contributed by atoms with Crippen molar-refractivity contribution in [3.05, 3.63) is 35.9 Å². The quantitative estimate of drug-likeness (QED) is 0.824. The molecule has 20 heavy (non-hydrogen) atoms. The van der Waals surface area contributed by atoms with Crippen molar-refractivity contribution in [3.8, 4) is 0 Å². The molecule has 1 aliphatic carbocycles. The Hall–Kier alpha value is -0.940. The van der Waals surface area contributed by atoms with Crippen molar-refractivity contribution in [2.24, 2.45) is 23.7 Å². The average molecular weight is 272 g/mol. The first kappa shape index (κ1) is 10.7. The summed E-state index contributed by atoms with van der Waals surface area (Å²) < 4.78 is 24.5. The van der Waals surface area contributed by atoms with Crippen LogP contribution in [0.25, 0.3) is 0 Å². The van der Waals surface area contributed by atoms with Gasteiger partial charge in [0, 0.05) is 30.1 Å². The van der Waals surface area contributed by atoms with Crippen LogP contribution in [0, 0.1) is 23.7 Å². The molecule has 8 atom stereocenters. The molecule has 6 rings (SSSR count). The number of rotatable bonds is 2. The molecular weight excluding hydrogens is 256 g/mol. The van der Waals surface area contributed by atoms with Crippen LogP contribution < -0.4 is 0 Å². The largest absolute Gasteiger partial charge is 0.323 e. The van der Waals surface area contributed by atoms with Gasteiger partial charge in [0.2, 0.25) is 0 Å². The molecule has 4 nitrogen and oxygen atoms in total. The van der Waals surface area contributed by atoms with Gasteiger partial charge in [0.05, 0.1) is 0 Å². The van der Waals surface area contributed by atoms with E-state index in [-0.39, 0.29) is 18.9 Å². The minimum atomic E-state index is -0.522. The molecule has 4 heteroatoms. The van der Waals surface area contributed by atoms with Gasteiger partial charge in [0.15, 0.2) is 24.7 Å². The van der Waals surface area contributed by atoms with Crippen molar-refractivity contribution < 1.29 is 18.9 Å². The Morgan fingerprint density at radius 1 is 0.950 bits per heavy atom. The molecule has 0 amide bonds. The number of hydrogen-bond acceptors (Lipinski definition) is 4. The number of benzene rings is 1. The third-order valence-corrected chi connectivity index (χ3v) is 5.90. The topological polar surface area (TPSA) is 36.9 Å². The molecule has 0 spiro atoms. The Morgan fingerprint density at radius 3 is 2.65 bits per heavy atom. The summed E-state index contributed by atoms with van der Waals surface area (Å²) in [6.45, 7) is 0. The zero-order chi connectivity index (χ0) is 12.9. The zero-order valence-electron chi connectivity index (χ0n) is 11.0. The highest BCUT2D eigenvalue weighted by Gasteiger charge is 2.77. The third-order valence-electron chi connectivity index (χ3n) is 5.90. The van der Waals surface area contributed by atoms with Gasteiger partial charge < -0.3 is 18.9 Å². The van der Waals surface area contributed by atoms with E-state index in [9.17, 15) is 0 Å². The number of ether oxygens (including phenoxy) is 4. The first-order valence-electron chi connectivity index (χ1n) is 7.55. The van der Waals surface area contributed by atoms with Crippen molar-refractivity contribution in [1.82, 2.24) is 0 Å². The van der Waals surface area contributed by atoms with E-state index < -0.39 is 5.79 Å². The molecule has 0 aromatic heterocycles. The van der Waals surface area contributed by atoms with Crippen molar-refractivity contribution in [2.45, 2.75) is 37.5 Å². The van der Waals surface area contributed by atoms with Crippen LogP contribution in [0.5, 0.6) is 0 Å². The predicted octanol–water partition coefficient (Wildman–Crippen LogP) is 1.89. The summed E-state index contributed by atoms with van der Waals surface area (Å²) in [6, 6.07) is 10.5. The molecule has 1 aromatic rings. The van der Waals surface area contributed by atoms with Crippen LogP contribution in [0.15, 0.2) is 30.3 Å². The van der Waals surface area contributed by atoms with E-state index in [1.807, 2.05) is 6.07 Å². The molecular formula is C16H16O4. The maximum absolute atomic E-state index is 6.28. The Morgan fingerprint density at radius 2 is 1.75 bits per heavy atom. The van der Waals surface area contributed by atoms with Crippen LogP contribution in [0.1, 0.15) is 12.0 Å². The summed E-state index contributed by atoms with van der Waals surface area (Å²) >= 11 is 0. The third kappa shape index (κ3) is 1.07. The zero-order valence-corrected chi connectivity index (χ0v) is 11.0. The minimum Gasteiger partial charge on any atom is -0.323 e. The van der Waals surface area contributed by atoms with E-state index >= 15 is 0 Å². The lowest BCUT2D eigenvalue weighted by Gasteiger charge is -2.35. The molecule has 5 fully saturated rings. The SMILES string of the molecule is c1ccc(C[C@@]23O[C@H]4O[C@H]5O[C@@H](O2)[C@@H]2[C@H]5C[C@H]4[C@@H]23)cc1. The maximum atomic E-state index is 6.28. The normalized spacial score (nSPS) is 56.9. The van der Waals surface area contributed by atoms with Crippen LogP contribution in [-0.4, -0.2) is 24.7 Å². The highest BCUT2D eigenvalue weighted by atomic mass is 16.9. The average Bonchev–Trinajstić information content (AvgIpc) is 3.08. The van der Waals surface area contributed by atoms with Crippen LogP contribution in [0.4, 0.5) is 0 Å². The van der Waals surface area contributed by atoms with E-state index in [0.717, 1.165) is 6.42 Å². The highest BCUT2D eigenvalue weighted by molar-refractivity contribution is 5.21. The molecule has 0 N–H and O–H groups in total. The number of hydrogen-bond donors (Lipinski definition) is 0. The van der Waals surface area contributed by atoms with Crippen molar-refractivity contribution in [2.75, 3.05) is 0 Å². The van der Waals surface area contributed by atoms with Crippen LogP contribution in [0.3, 0.4) is 0 Å². The lowest BCUT2D eigenvalue weighted by Crippen LogP contribution is -2.43.